The number of halogens is 3. The molecule has 0 aromatic heterocycles. The van der Waals surface area contributed by atoms with E-state index in [2.05, 4.69) is 0 Å². The van der Waals surface area contributed by atoms with Gasteiger partial charge in [0.1, 0.15) is 29.8 Å². The van der Waals surface area contributed by atoms with Crippen LogP contribution in [-0.4, -0.2) is 5.11 Å². The number of hydrogen-bond acceptors (Lipinski definition) is 2. The van der Waals surface area contributed by atoms with Crippen LogP contribution in [0.25, 0.3) is 0 Å². The molecule has 0 spiro atoms. The Labute approximate surface area is 114 Å². The van der Waals surface area contributed by atoms with Crippen molar-refractivity contribution in [3.8, 4) is 5.75 Å². The lowest BCUT2D eigenvalue weighted by Gasteiger charge is -2.10. The van der Waals surface area contributed by atoms with Crippen molar-refractivity contribution < 1.29 is 23.0 Å². The largest absolute Gasteiger partial charge is 0.489 e. The van der Waals surface area contributed by atoms with E-state index >= 15 is 0 Å². The summed E-state index contributed by atoms with van der Waals surface area (Å²) in [6.07, 6.45) is -0.915. The number of hydrogen-bond donors (Lipinski definition) is 1. The highest BCUT2D eigenvalue weighted by atomic mass is 19.1. The molecule has 0 aliphatic heterocycles. The second-order valence-corrected chi connectivity index (χ2v) is 4.43. The van der Waals surface area contributed by atoms with E-state index < -0.39 is 23.6 Å². The molecule has 0 fully saturated rings. The predicted molar refractivity (Wildman–Crippen MR) is 67.7 cm³/mol. The van der Waals surface area contributed by atoms with Gasteiger partial charge in [-0.15, -0.1) is 0 Å². The molecule has 0 aliphatic rings. The summed E-state index contributed by atoms with van der Waals surface area (Å²) in [6, 6.07) is 7.06. The summed E-state index contributed by atoms with van der Waals surface area (Å²) < 4.78 is 44.8. The van der Waals surface area contributed by atoms with Crippen LogP contribution >= 0.6 is 0 Å². The molecule has 0 saturated heterocycles. The fourth-order valence-corrected chi connectivity index (χ4v) is 1.80. The van der Waals surface area contributed by atoms with Crippen LogP contribution in [0.5, 0.6) is 5.75 Å². The molecule has 0 unspecified atom stereocenters. The fraction of sp³-hybridized carbons (Fsp3) is 0.200. The molecule has 2 rings (SSSR count). The van der Waals surface area contributed by atoms with E-state index in [0.29, 0.717) is 5.56 Å². The Morgan fingerprint density at radius 1 is 1.05 bits per heavy atom. The highest BCUT2D eigenvalue weighted by Gasteiger charge is 2.09. The lowest BCUT2D eigenvalue weighted by molar-refractivity contribution is 0.194. The van der Waals surface area contributed by atoms with E-state index in [1.54, 1.807) is 0 Å². The third-order valence-corrected chi connectivity index (χ3v) is 2.75. The van der Waals surface area contributed by atoms with Crippen LogP contribution in [0, 0.1) is 17.5 Å². The SMILES string of the molecule is C[C@@H](O)c1ccc(OCc2cc(F)cc(F)c2)cc1F. The number of ether oxygens (including phenoxy) is 1. The van der Waals surface area contributed by atoms with Crippen molar-refractivity contribution in [3.63, 3.8) is 0 Å². The number of aliphatic hydroxyl groups excluding tert-OH is 1. The molecule has 0 heterocycles. The summed E-state index contributed by atoms with van der Waals surface area (Å²) in [6.45, 7) is 1.37. The summed E-state index contributed by atoms with van der Waals surface area (Å²) >= 11 is 0. The molecular formula is C15H13F3O2. The number of aliphatic hydroxyl groups is 1. The van der Waals surface area contributed by atoms with Gasteiger partial charge >= 0.3 is 0 Å². The minimum atomic E-state index is -0.915. The van der Waals surface area contributed by atoms with E-state index in [4.69, 9.17) is 4.74 Å². The van der Waals surface area contributed by atoms with E-state index in [1.165, 1.54) is 19.1 Å². The molecule has 2 aromatic rings. The standard InChI is InChI=1S/C15H13F3O2/c1-9(19)14-3-2-13(7-15(14)18)20-8-10-4-11(16)6-12(17)5-10/h2-7,9,19H,8H2,1H3/t9-/m1/s1. The number of rotatable bonds is 4. The molecule has 106 valence electrons. The van der Waals surface area contributed by atoms with Crippen molar-refractivity contribution in [2.75, 3.05) is 0 Å². The van der Waals surface area contributed by atoms with Crippen molar-refractivity contribution in [1.82, 2.24) is 0 Å². The quantitative estimate of drug-likeness (QED) is 0.925. The zero-order valence-electron chi connectivity index (χ0n) is 10.7. The van der Waals surface area contributed by atoms with Gasteiger partial charge in [0.15, 0.2) is 0 Å². The average molecular weight is 282 g/mol. The Balaban J connectivity index is 2.09. The van der Waals surface area contributed by atoms with Crippen molar-refractivity contribution in [2.24, 2.45) is 0 Å². The molecule has 2 aromatic carbocycles. The Morgan fingerprint density at radius 2 is 1.70 bits per heavy atom. The first-order valence-corrected chi connectivity index (χ1v) is 6.01. The molecule has 1 atom stereocenters. The van der Waals surface area contributed by atoms with Gasteiger partial charge in [0.05, 0.1) is 6.10 Å². The van der Waals surface area contributed by atoms with Gasteiger partial charge in [-0.1, -0.05) is 0 Å². The maximum absolute atomic E-state index is 13.6. The first-order valence-electron chi connectivity index (χ1n) is 6.01. The molecule has 0 bridgehead atoms. The second-order valence-electron chi connectivity index (χ2n) is 4.43. The van der Waals surface area contributed by atoms with Gasteiger partial charge < -0.3 is 9.84 Å². The van der Waals surface area contributed by atoms with E-state index in [0.717, 1.165) is 24.3 Å². The minimum absolute atomic E-state index is 0.0812. The first kappa shape index (κ1) is 14.4. The summed E-state index contributed by atoms with van der Waals surface area (Å²) in [7, 11) is 0. The zero-order valence-corrected chi connectivity index (χ0v) is 10.7. The summed E-state index contributed by atoms with van der Waals surface area (Å²) in [5.74, 6) is -1.77. The predicted octanol–water partition coefficient (Wildman–Crippen LogP) is 3.74. The third kappa shape index (κ3) is 3.51. The molecular weight excluding hydrogens is 269 g/mol. The van der Waals surface area contributed by atoms with Gasteiger partial charge in [0, 0.05) is 17.7 Å². The van der Waals surface area contributed by atoms with Crippen LogP contribution in [0.2, 0.25) is 0 Å². The van der Waals surface area contributed by atoms with Crippen LogP contribution < -0.4 is 4.74 Å². The van der Waals surface area contributed by atoms with Gasteiger partial charge in [-0.3, -0.25) is 0 Å². The number of benzene rings is 2. The summed E-state index contributed by atoms with van der Waals surface area (Å²) in [5, 5.41) is 9.30. The molecule has 0 radical (unpaired) electrons. The Hall–Kier alpha value is -2.01. The normalized spacial score (nSPS) is 12.2. The molecule has 5 heteroatoms. The average Bonchev–Trinajstić information content (AvgIpc) is 2.35. The lowest BCUT2D eigenvalue weighted by Crippen LogP contribution is -2.00. The van der Waals surface area contributed by atoms with Gasteiger partial charge in [-0.25, -0.2) is 13.2 Å². The van der Waals surface area contributed by atoms with E-state index in [9.17, 15) is 18.3 Å². The van der Waals surface area contributed by atoms with Crippen LogP contribution in [0.3, 0.4) is 0 Å². The van der Waals surface area contributed by atoms with Crippen LogP contribution in [0.4, 0.5) is 13.2 Å². The van der Waals surface area contributed by atoms with Crippen LogP contribution in [0.1, 0.15) is 24.2 Å². The van der Waals surface area contributed by atoms with Gasteiger partial charge in [0.2, 0.25) is 0 Å². The Bertz CT molecular complexity index is 592. The zero-order chi connectivity index (χ0) is 14.7. The third-order valence-electron chi connectivity index (χ3n) is 2.75. The minimum Gasteiger partial charge on any atom is -0.489 e. The van der Waals surface area contributed by atoms with Crippen molar-refractivity contribution >= 4 is 0 Å². The van der Waals surface area contributed by atoms with Gasteiger partial charge in [-0.2, -0.15) is 0 Å². The van der Waals surface area contributed by atoms with Gasteiger partial charge in [0.25, 0.3) is 0 Å². The van der Waals surface area contributed by atoms with Crippen molar-refractivity contribution in [2.45, 2.75) is 19.6 Å². The Morgan fingerprint density at radius 3 is 2.25 bits per heavy atom. The monoisotopic (exact) mass is 282 g/mol. The maximum atomic E-state index is 13.6. The highest BCUT2D eigenvalue weighted by Crippen LogP contribution is 2.22. The maximum Gasteiger partial charge on any atom is 0.132 e. The molecule has 0 saturated carbocycles. The summed E-state index contributed by atoms with van der Waals surface area (Å²) in [5.41, 5.74) is 0.469. The van der Waals surface area contributed by atoms with Crippen LogP contribution in [-0.2, 0) is 6.61 Å². The molecule has 2 nitrogen and oxygen atoms in total. The molecule has 0 amide bonds. The lowest BCUT2D eigenvalue weighted by atomic mass is 10.1. The summed E-state index contributed by atoms with van der Waals surface area (Å²) in [4.78, 5) is 0. The van der Waals surface area contributed by atoms with E-state index in [-0.39, 0.29) is 17.9 Å². The van der Waals surface area contributed by atoms with Crippen molar-refractivity contribution in [3.05, 3.63) is 65.0 Å². The van der Waals surface area contributed by atoms with E-state index in [1.807, 2.05) is 0 Å². The second kappa shape index (κ2) is 5.96. The van der Waals surface area contributed by atoms with Crippen molar-refractivity contribution in [1.29, 1.82) is 0 Å². The van der Waals surface area contributed by atoms with Crippen LogP contribution in [0.15, 0.2) is 36.4 Å². The molecule has 1 N–H and O–H groups in total. The Kier molecular flexibility index (Phi) is 4.29. The molecule has 0 aliphatic carbocycles. The molecule has 20 heavy (non-hydrogen) atoms. The fourth-order valence-electron chi connectivity index (χ4n) is 1.80. The topological polar surface area (TPSA) is 29.5 Å². The highest BCUT2D eigenvalue weighted by molar-refractivity contribution is 5.30. The van der Waals surface area contributed by atoms with Gasteiger partial charge in [-0.05, 0) is 36.8 Å². The first-order chi connectivity index (χ1) is 9.45. The smallest absolute Gasteiger partial charge is 0.132 e.